The summed E-state index contributed by atoms with van der Waals surface area (Å²) in [7, 11) is 0. The molecule has 0 radical (unpaired) electrons. The number of fused-ring (bicyclic) bond motifs is 1. The van der Waals surface area contributed by atoms with Gasteiger partial charge >= 0.3 is 6.18 Å². The van der Waals surface area contributed by atoms with Crippen LogP contribution in [-0.2, 0) is 11.2 Å². The Labute approximate surface area is 206 Å². The molecule has 1 aliphatic carbocycles. The maximum atomic E-state index is 12.8. The van der Waals surface area contributed by atoms with E-state index in [0.29, 0.717) is 12.3 Å². The van der Waals surface area contributed by atoms with Crippen LogP contribution in [0.2, 0.25) is 0 Å². The van der Waals surface area contributed by atoms with Gasteiger partial charge in [0.1, 0.15) is 0 Å². The fraction of sp³-hybridized carbons (Fsp3) is 0.500. The third kappa shape index (κ3) is 5.35. The van der Waals surface area contributed by atoms with E-state index in [1.807, 2.05) is 30.8 Å². The zero-order valence-electron chi connectivity index (χ0n) is 18.9. The van der Waals surface area contributed by atoms with Gasteiger partial charge in [0.15, 0.2) is 6.29 Å². The van der Waals surface area contributed by atoms with Gasteiger partial charge < -0.3 is 10.2 Å². The molecule has 8 heteroatoms. The lowest BCUT2D eigenvalue weighted by atomic mass is 9.80. The summed E-state index contributed by atoms with van der Waals surface area (Å²) in [6, 6.07) is 13.7. The van der Waals surface area contributed by atoms with Gasteiger partial charge in [-0.1, -0.05) is 37.3 Å². The van der Waals surface area contributed by atoms with Gasteiger partial charge in [-0.3, -0.25) is 4.79 Å². The summed E-state index contributed by atoms with van der Waals surface area (Å²) < 4.78 is 38.5. The predicted molar refractivity (Wildman–Crippen MR) is 130 cm³/mol. The summed E-state index contributed by atoms with van der Waals surface area (Å²) in [5.74, 6) is 1.37. The monoisotopic (exact) mass is 510 g/mol. The van der Waals surface area contributed by atoms with Crippen LogP contribution in [-0.4, -0.2) is 45.4 Å². The van der Waals surface area contributed by atoms with E-state index in [2.05, 4.69) is 18.2 Å². The zero-order valence-corrected chi connectivity index (χ0v) is 20.6. The standard InChI is InChI=1S/C14H15F3O2S.C12H14OS/c1-9-6-10(7-13(19,8-18)14(15,16)17)11-4-2-3-5-12(11)20-9;13-10-6-8-2-1-3-11-12(8)9(7-10)4-5-14-11/h2-5,8-10,19H,6-7H2,1H3;1-3,9-10,13H,4-7H2. The maximum Gasteiger partial charge on any atom is 0.424 e. The number of carbonyl (C=O) groups is 1. The fourth-order valence-electron chi connectivity index (χ4n) is 5.23. The summed E-state index contributed by atoms with van der Waals surface area (Å²) >= 11 is 3.58. The van der Waals surface area contributed by atoms with Gasteiger partial charge in [0.05, 0.1) is 6.10 Å². The summed E-state index contributed by atoms with van der Waals surface area (Å²) in [5.41, 5.74) is 0.444. The lowest BCUT2D eigenvalue weighted by molar-refractivity contribution is -0.248. The van der Waals surface area contributed by atoms with E-state index in [1.54, 1.807) is 29.5 Å². The summed E-state index contributed by atoms with van der Waals surface area (Å²) in [4.78, 5) is 13.2. The largest absolute Gasteiger partial charge is 0.424 e. The second-order valence-electron chi connectivity index (χ2n) is 9.40. The first-order chi connectivity index (χ1) is 16.1. The van der Waals surface area contributed by atoms with Gasteiger partial charge in [0, 0.05) is 15.0 Å². The Kier molecular flexibility index (Phi) is 7.72. The number of aliphatic hydroxyl groups excluding tert-OH is 1. The molecule has 0 spiro atoms. The average molecular weight is 511 g/mol. The van der Waals surface area contributed by atoms with Crippen LogP contribution >= 0.6 is 23.5 Å². The highest BCUT2D eigenvalue weighted by atomic mass is 32.2. The molecule has 5 atom stereocenters. The quantitative estimate of drug-likeness (QED) is 0.488. The minimum absolute atomic E-state index is 0.106. The van der Waals surface area contributed by atoms with Crippen molar-refractivity contribution in [2.24, 2.45) is 0 Å². The number of alkyl halides is 3. The van der Waals surface area contributed by atoms with E-state index < -0.39 is 24.1 Å². The summed E-state index contributed by atoms with van der Waals surface area (Å²) in [6.07, 6.45) is -2.47. The van der Waals surface area contributed by atoms with Gasteiger partial charge in [0.2, 0.25) is 5.60 Å². The zero-order chi connectivity index (χ0) is 24.5. The first-order valence-electron chi connectivity index (χ1n) is 11.5. The number of thioether (sulfide) groups is 2. The van der Waals surface area contributed by atoms with E-state index >= 15 is 0 Å². The Morgan fingerprint density at radius 1 is 1.09 bits per heavy atom. The number of aliphatic hydroxyl groups is 2. The van der Waals surface area contributed by atoms with Gasteiger partial charge in [-0.15, -0.1) is 23.5 Å². The normalized spacial score (nSPS) is 27.4. The fourth-order valence-corrected chi connectivity index (χ4v) is 7.77. The average Bonchev–Trinajstić information content (AvgIpc) is 2.79. The number of aldehydes is 1. The van der Waals surface area contributed by atoms with Crippen molar-refractivity contribution in [1.82, 2.24) is 0 Å². The number of rotatable bonds is 3. The number of halogens is 3. The Hall–Kier alpha value is -1.48. The molecule has 184 valence electrons. The van der Waals surface area contributed by atoms with E-state index in [0.717, 1.165) is 23.3 Å². The Bertz CT molecular complexity index is 1030. The Morgan fingerprint density at radius 2 is 1.82 bits per heavy atom. The Morgan fingerprint density at radius 3 is 2.56 bits per heavy atom. The van der Waals surface area contributed by atoms with Crippen LogP contribution in [0.3, 0.4) is 0 Å². The second kappa shape index (κ2) is 10.2. The van der Waals surface area contributed by atoms with Crippen LogP contribution in [0.25, 0.3) is 0 Å². The molecule has 2 N–H and O–H groups in total. The molecule has 0 aromatic heterocycles. The molecule has 3 nitrogen and oxygen atoms in total. The summed E-state index contributed by atoms with van der Waals surface area (Å²) in [6.45, 7) is 1.93. The highest BCUT2D eigenvalue weighted by molar-refractivity contribution is 8.00. The first kappa shape index (κ1) is 25.6. The van der Waals surface area contributed by atoms with Crippen LogP contribution in [0.5, 0.6) is 0 Å². The third-order valence-corrected chi connectivity index (χ3v) is 9.17. The second-order valence-corrected chi connectivity index (χ2v) is 12.0. The molecule has 0 bridgehead atoms. The lowest BCUT2D eigenvalue weighted by Crippen LogP contribution is -2.48. The van der Waals surface area contributed by atoms with Crippen LogP contribution in [0, 0.1) is 0 Å². The van der Waals surface area contributed by atoms with E-state index in [9.17, 15) is 28.2 Å². The smallest absolute Gasteiger partial charge is 0.393 e. The highest BCUT2D eigenvalue weighted by Gasteiger charge is 2.55. The van der Waals surface area contributed by atoms with Crippen molar-refractivity contribution in [3.05, 3.63) is 59.2 Å². The van der Waals surface area contributed by atoms with Crippen LogP contribution in [0.4, 0.5) is 13.2 Å². The molecule has 2 aromatic rings. The lowest BCUT2D eigenvalue weighted by Gasteiger charge is -2.34. The van der Waals surface area contributed by atoms with Crippen molar-refractivity contribution in [2.75, 3.05) is 5.75 Å². The molecule has 2 heterocycles. The number of carbonyl (C=O) groups excluding carboxylic acids is 1. The van der Waals surface area contributed by atoms with Gasteiger partial charge in [-0.05, 0) is 78.5 Å². The topological polar surface area (TPSA) is 57.5 Å². The molecule has 0 saturated carbocycles. The highest BCUT2D eigenvalue weighted by Crippen LogP contribution is 2.47. The first-order valence-corrected chi connectivity index (χ1v) is 13.4. The van der Waals surface area contributed by atoms with Crippen molar-refractivity contribution in [3.63, 3.8) is 0 Å². The molecule has 2 aromatic carbocycles. The van der Waals surface area contributed by atoms with Crippen molar-refractivity contribution in [1.29, 1.82) is 0 Å². The molecule has 34 heavy (non-hydrogen) atoms. The third-order valence-electron chi connectivity index (χ3n) is 6.85. The van der Waals surface area contributed by atoms with Gasteiger partial charge in [-0.2, -0.15) is 13.2 Å². The minimum atomic E-state index is -4.95. The van der Waals surface area contributed by atoms with Crippen molar-refractivity contribution in [3.8, 4) is 0 Å². The maximum absolute atomic E-state index is 12.8. The number of hydrogen-bond acceptors (Lipinski definition) is 5. The minimum Gasteiger partial charge on any atom is -0.393 e. The molecule has 5 rings (SSSR count). The number of hydrogen-bond donors (Lipinski definition) is 2. The molecular formula is C26H29F3O3S2. The SMILES string of the molecule is CC1CC(CC(O)(C=O)C(F)(F)F)c2ccccc2S1.OC1Cc2cccc3c2C(CCS3)C1. The molecule has 0 amide bonds. The van der Waals surface area contributed by atoms with Crippen molar-refractivity contribution < 1.29 is 28.2 Å². The Balaban J connectivity index is 0.000000170. The molecule has 0 saturated heterocycles. The predicted octanol–water partition coefficient (Wildman–Crippen LogP) is 6.11. The molecule has 5 unspecified atom stereocenters. The van der Waals surface area contributed by atoms with Crippen molar-refractivity contribution >= 4 is 29.8 Å². The van der Waals surface area contributed by atoms with E-state index in [1.165, 1.54) is 22.6 Å². The van der Waals surface area contributed by atoms with E-state index in [-0.39, 0.29) is 17.6 Å². The van der Waals surface area contributed by atoms with Gasteiger partial charge in [0.25, 0.3) is 0 Å². The molecule has 3 aliphatic rings. The summed E-state index contributed by atoms with van der Waals surface area (Å²) in [5, 5.41) is 19.5. The van der Waals surface area contributed by atoms with E-state index in [4.69, 9.17) is 0 Å². The van der Waals surface area contributed by atoms with Crippen LogP contribution < -0.4 is 0 Å². The van der Waals surface area contributed by atoms with Gasteiger partial charge in [-0.25, -0.2) is 0 Å². The van der Waals surface area contributed by atoms with Crippen molar-refractivity contribution in [2.45, 2.75) is 83.8 Å². The molecular weight excluding hydrogens is 481 g/mol. The van der Waals surface area contributed by atoms with Crippen LogP contribution in [0.15, 0.2) is 52.3 Å². The molecule has 0 fully saturated rings. The molecule has 2 aliphatic heterocycles. The number of benzene rings is 2. The van der Waals surface area contributed by atoms with Crippen LogP contribution in [0.1, 0.15) is 61.1 Å².